The van der Waals surface area contributed by atoms with Crippen LogP contribution in [0.2, 0.25) is 0 Å². The number of nitrogens with two attached hydrogens (primary N) is 1. The minimum atomic E-state index is -0.135. The first-order chi connectivity index (χ1) is 19.1. The fraction of sp³-hybridized carbons (Fsp3) is 0.562. The summed E-state index contributed by atoms with van der Waals surface area (Å²) in [5.74, 6) is 0.310. The maximum atomic E-state index is 13.5. The van der Waals surface area contributed by atoms with Crippen molar-refractivity contribution in [3.63, 3.8) is 0 Å². The second-order valence-corrected chi connectivity index (χ2v) is 10.9. The number of carbonyl (C=O) groups excluding carboxylic acids is 2. The lowest BCUT2D eigenvalue weighted by Crippen LogP contribution is -2.45. The summed E-state index contributed by atoms with van der Waals surface area (Å²) in [5, 5.41) is 0. The largest absolute Gasteiger partial charge is 0.461 e. The minimum Gasteiger partial charge on any atom is -0.461 e. The second-order valence-electron chi connectivity index (χ2n) is 10.9. The van der Waals surface area contributed by atoms with Crippen molar-refractivity contribution >= 4 is 11.9 Å². The van der Waals surface area contributed by atoms with Crippen LogP contribution in [0.25, 0.3) is 0 Å². The van der Waals surface area contributed by atoms with E-state index < -0.39 is 0 Å². The second kappa shape index (κ2) is 15.8. The number of amides is 1. The Morgan fingerprint density at radius 3 is 2.13 bits per heavy atom. The first-order valence-corrected chi connectivity index (χ1v) is 14.5. The molecule has 2 N–H and O–H groups in total. The van der Waals surface area contributed by atoms with E-state index in [-0.39, 0.29) is 29.9 Å². The van der Waals surface area contributed by atoms with E-state index in [1.807, 2.05) is 65.6 Å². The number of rotatable bonds is 13. The van der Waals surface area contributed by atoms with Gasteiger partial charge in [-0.2, -0.15) is 0 Å². The molecule has 0 radical (unpaired) electrons. The van der Waals surface area contributed by atoms with Crippen molar-refractivity contribution < 1.29 is 23.8 Å². The quantitative estimate of drug-likeness (QED) is 0.290. The number of benzene rings is 2. The number of hydrogen-bond acceptors (Lipinski definition) is 6. The van der Waals surface area contributed by atoms with Gasteiger partial charge in [0, 0.05) is 38.3 Å². The molecule has 212 valence electrons. The molecule has 2 aliphatic rings. The molecule has 1 aliphatic heterocycles. The van der Waals surface area contributed by atoms with E-state index >= 15 is 0 Å². The summed E-state index contributed by atoms with van der Waals surface area (Å²) in [6.45, 7) is 3.37. The van der Waals surface area contributed by atoms with Crippen LogP contribution in [-0.4, -0.2) is 55.2 Å². The Labute approximate surface area is 233 Å². The van der Waals surface area contributed by atoms with Crippen molar-refractivity contribution in [1.82, 2.24) is 4.90 Å². The van der Waals surface area contributed by atoms with Crippen LogP contribution in [0.1, 0.15) is 62.5 Å². The van der Waals surface area contributed by atoms with Gasteiger partial charge in [0.05, 0.1) is 19.1 Å². The zero-order valence-corrected chi connectivity index (χ0v) is 23.0. The number of esters is 1. The molecule has 0 aromatic heterocycles. The predicted octanol–water partition coefficient (Wildman–Crippen LogP) is 4.87. The predicted molar refractivity (Wildman–Crippen MR) is 151 cm³/mol. The Kier molecular flexibility index (Phi) is 11.8. The van der Waals surface area contributed by atoms with Gasteiger partial charge in [-0.25, -0.2) is 0 Å². The molecule has 4 rings (SSSR count). The van der Waals surface area contributed by atoms with Gasteiger partial charge >= 0.3 is 5.97 Å². The highest BCUT2D eigenvalue weighted by molar-refractivity contribution is 5.77. The highest BCUT2D eigenvalue weighted by Gasteiger charge is 2.32. The van der Waals surface area contributed by atoms with E-state index in [9.17, 15) is 9.59 Å². The molecule has 1 atom stereocenters. The molecular weight excluding hydrogens is 492 g/mol. The van der Waals surface area contributed by atoms with Gasteiger partial charge in [0.15, 0.2) is 0 Å². The van der Waals surface area contributed by atoms with Crippen LogP contribution in [0.15, 0.2) is 60.7 Å². The van der Waals surface area contributed by atoms with Crippen LogP contribution in [0, 0.1) is 11.8 Å². The van der Waals surface area contributed by atoms with Crippen molar-refractivity contribution in [2.24, 2.45) is 17.6 Å². The highest BCUT2D eigenvalue weighted by atomic mass is 16.5. The van der Waals surface area contributed by atoms with Crippen molar-refractivity contribution in [3.05, 3.63) is 71.8 Å². The lowest BCUT2D eigenvalue weighted by Gasteiger charge is -2.37. The molecular formula is C32H44N2O5. The Balaban J connectivity index is 1.27. The van der Waals surface area contributed by atoms with Crippen LogP contribution >= 0.6 is 0 Å². The zero-order chi connectivity index (χ0) is 27.3. The van der Waals surface area contributed by atoms with Crippen LogP contribution in [0.4, 0.5) is 0 Å². The van der Waals surface area contributed by atoms with Gasteiger partial charge in [0.2, 0.25) is 5.91 Å². The van der Waals surface area contributed by atoms with Crippen molar-refractivity contribution in [2.45, 2.75) is 76.7 Å². The summed E-state index contributed by atoms with van der Waals surface area (Å²) >= 11 is 0. The maximum absolute atomic E-state index is 13.5. The number of hydrogen-bond donors (Lipinski definition) is 1. The van der Waals surface area contributed by atoms with E-state index in [2.05, 4.69) is 0 Å². The SMILES string of the molecule is NC(CCC(=O)N(CCOCc1ccccc1)C1CCC(C(=O)OCc2ccccc2)CC1)C1CCOCC1. The van der Waals surface area contributed by atoms with E-state index in [1.165, 1.54) is 0 Å². The highest BCUT2D eigenvalue weighted by Crippen LogP contribution is 2.30. The standard InChI is InChI=1S/C32H44N2O5/c33-30(27-17-20-37-21-18-27)15-16-31(35)34(19-22-38-23-25-7-3-1-4-8-25)29-13-11-28(12-14-29)32(36)39-24-26-9-5-2-6-10-26/h1-10,27-30H,11-24,33H2. The normalized spacial score (nSPS) is 20.7. The molecule has 1 saturated carbocycles. The molecule has 1 unspecified atom stereocenters. The third-order valence-electron chi connectivity index (χ3n) is 8.17. The Bertz CT molecular complexity index is 988. The van der Waals surface area contributed by atoms with Crippen molar-refractivity contribution in [3.8, 4) is 0 Å². The molecule has 0 bridgehead atoms. The monoisotopic (exact) mass is 536 g/mol. The Morgan fingerprint density at radius 2 is 1.49 bits per heavy atom. The minimum absolute atomic E-state index is 0.0177. The molecule has 2 aromatic rings. The third-order valence-corrected chi connectivity index (χ3v) is 8.17. The van der Waals surface area contributed by atoms with E-state index in [0.29, 0.717) is 45.1 Å². The molecule has 1 heterocycles. The Hall–Kier alpha value is -2.74. The molecule has 2 fully saturated rings. The van der Waals surface area contributed by atoms with Crippen molar-refractivity contribution in [2.75, 3.05) is 26.4 Å². The van der Waals surface area contributed by atoms with Crippen LogP contribution in [-0.2, 0) is 37.0 Å². The molecule has 1 amide bonds. The van der Waals surface area contributed by atoms with E-state index in [1.54, 1.807) is 0 Å². The molecule has 1 aliphatic carbocycles. The van der Waals surface area contributed by atoms with Gasteiger partial charge in [0.1, 0.15) is 6.61 Å². The fourth-order valence-electron chi connectivity index (χ4n) is 5.72. The van der Waals surface area contributed by atoms with Gasteiger partial charge in [-0.1, -0.05) is 60.7 Å². The van der Waals surface area contributed by atoms with E-state index in [4.69, 9.17) is 19.9 Å². The van der Waals surface area contributed by atoms with Gasteiger partial charge < -0.3 is 24.8 Å². The molecule has 0 spiro atoms. The lowest BCUT2D eigenvalue weighted by atomic mass is 9.85. The molecule has 7 nitrogen and oxygen atoms in total. The van der Waals surface area contributed by atoms with Crippen LogP contribution in [0.3, 0.4) is 0 Å². The molecule has 7 heteroatoms. The lowest BCUT2D eigenvalue weighted by molar-refractivity contribution is -0.151. The number of carbonyl (C=O) groups is 2. The van der Waals surface area contributed by atoms with Crippen LogP contribution < -0.4 is 5.73 Å². The zero-order valence-electron chi connectivity index (χ0n) is 23.0. The van der Waals surface area contributed by atoms with E-state index in [0.717, 1.165) is 62.9 Å². The summed E-state index contributed by atoms with van der Waals surface area (Å²) < 4.78 is 17.0. The third kappa shape index (κ3) is 9.45. The maximum Gasteiger partial charge on any atom is 0.309 e. The number of nitrogens with zero attached hydrogens (tertiary/aromatic N) is 1. The summed E-state index contributed by atoms with van der Waals surface area (Å²) in [5.41, 5.74) is 8.59. The molecule has 1 saturated heterocycles. The fourth-order valence-corrected chi connectivity index (χ4v) is 5.72. The summed E-state index contributed by atoms with van der Waals surface area (Å²) in [6, 6.07) is 20.0. The van der Waals surface area contributed by atoms with Crippen molar-refractivity contribution in [1.29, 1.82) is 0 Å². The van der Waals surface area contributed by atoms with Crippen LogP contribution in [0.5, 0.6) is 0 Å². The molecule has 2 aromatic carbocycles. The summed E-state index contributed by atoms with van der Waals surface area (Å²) in [6.07, 6.45) is 6.11. The average molecular weight is 537 g/mol. The van der Waals surface area contributed by atoms with Gasteiger partial charge in [-0.3, -0.25) is 9.59 Å². The van der Waals surface area contributed by atoms with Gasteiger partial charge in [0.25, 0.3) is 0 Å². The number of ether oxygens (including phenoxy) is 3. The molecule has 39 heavy (non-hydrogen) atoms. The van der Waals surface area contributed by atoms with Gasteiger partial charge in [-0.15, -0.1) is 0 Å². The van der Waals surface area contributed by atoms with Gasteiger partial charge in [-0.05, 0) is 62.0 Å². The summed E-state index contributed by atoms with van der Waals surface area (Å²) in [7, 11) is 0. The first kappa shape index (κ1) is 29.2. The average Bonchev–Trinajstić information content (AvgIpc) is 3.00. The topological polar surface area (TPSA) is 91.1 Å². The first-order valence-electron chi connectivity index (χ1n) is 14.5. The summed E-state index contributed by atoms with van der Waals surface area (Å²) in [4.78, 5) is 28.2. The Morgan fingerprint density at radius 1 is 0.872 bits per heavy atom. The smallest absolute Gasteiger partial charge is 0.309 e.